The van der Waals surface area contributed by atoms with Gasteiger partial charge in [-0.25, -0.2) is 0 Å². The molecule has 0 spiro atoms. The molecule has 0 bridgehead atoms. The summed E-state index contributed by atoms with van der Waals surface area (Å²) in [6.45, 7) is 12.5. The molecule has 1 aliphatic heterocycles. The fourth-order valence-electron chi connectivity index (χ4n) is 6.30. The van der Waals surface area contributed by atoms with E-state index in [2.05, 4.69) is 93.4 Å². The molecule has 0 unspecified atom stereocenters. The van der Waals surface area contributed by atoms with Crippen molar-refractivity contribution in [3.8, 4) is 0 Å². The summed E-state index contributed by atoms with van der Waals surface area (Å²) in [4.78, 5) is 1.72. The van der Waals surface area contributed by atoms with E-state index in [9.17, 15) is 5.11 Å². The Hall–Kier alpha value is -1.69. The molecule has 1 saturated carbocycles. The van der Waals surface area contributed by atoms with Gasteiger partial charge in [-0.05, 0) is 40.3 Å². The van der Waals surface area contributed by atoms with E-state index in [0.29, 0.717) is 0 Å². The molecule has 0 aromatic heterocycles. The van der Waals surface area contributed by atoms with Crippen molar-refractivity contribution in [1.29, 1.82) is 0 Å². The molecular weight excluding hydrogens is 396 g/mol. The Kier molecular flexibility index (Phi) is 5.58. The van der Waals surface area contributed by atoms with Gasteiger partial charge in [0.25, 0.3) is 0 Å². The summed E-state index contributed by atoms with van der Waals surface area (Å²) in [6.07, 6.45) is 5.34. The third-order valence-electron chi connectivity index (χ3n) is 7.02. The maximum atomic E-state index is 12.2. The van der Waals surface area contributed by atoms with E-state index in [4.69, 9.17) is 0 Å². The van der Waals surface area contributed by atoms with E-state index in [1.807, 2.05) is 0 Å². The first-order valence-corrected chi connectivity index (χ1v) is 18.0. The van der Waals surface area contributed by atoms with Gasteiger partial charge < -0.3 is 5.11 Å². The van der Waals surface area contributed by atoms with Gasteiger partial charge in [-0.2, -0.15) is 0 Å². The summed E-state index contributed by atoms with van der Waals surface area (Å²) in [5.41, 5.74) is 4.76. The van der Waals surface area contributed by atoms with Crippen LogP contribution in [0, 0.1) is 0 Å². The van der Waals surface area contributed by atoms with Crippen molar-refractivity contribution >= 4 is 27.3 Å². The average molecular weight is 433 g/mol. The zero-order valence-electron chi connectivity index (χ0n) is 19.3. The molecule has 2 aliphatic rings. The lowest BCUT2D eigenvalue weighted by molar-refractivity contribution is 0.0463. The van der Waals surface area contributed by atoms with Crippen molar-refractivity contribution in [1.82, 2.24) is 0 Å². The van der Waals surface area contributed by atoms with Crippen LogP contribution in [0.25, 0.3) is 11.1 Å². The number of hydrogen-bond donors (Lipinski definition) is 1. The van der Waals surface area contributed by atoms with Crippen LogP contribution in [-0.2, 0) is 0 Å². The van der Waals surface area contributed by atoms with Crippen LogP contribution in [0.1, 0.15) is 43.2 Å². The van der Waals surface area contributed by atoms with Crippen molar-refractivity contribution in [2.24, 2.45) is 0 Å². The second kappa shape index (κ2) is 7.78. The second-order valence-corrected chi connectivity index (χ2v) is 20.4. The van der Waals surface area contributed by atoms with Gasteiger partial charge in [0.05, 0.1) is 13.7 Å². The molecule has 0 radical (unpaired) electrons. The smallest absolute Gasteiger partial charge is 0.104 e. The summed E-state index contributed by atoms with van der Waals surface area (Å²) in [6, 6.07) is 21.9. The summed E-state index contributed by atoms with van der Waals surface area (Å²) >= 11 is 0. The average Bonchev–Trinajstić information content (AvgIpc) is 2.98. The number of benzene rings is 2. The van der Waals surface area contributed by atoms with Crippen LogP contribution < -0.4 is 0 Å². The van der Waals surface area contributed by atoms with Crippen molar-refractivity contribution in [2.75, 3.05) is 0 Å². The molecule has 30 heavy (non-hydrogen) atoms. The highest BCUT2D eigenvalue weighted by Crippen LogP contribution is 2.56. The summed E-state index contributed by atoms with van der Waals surface area (Å²) in [5.74, 6) is 0. The Morgan fingerprint density at radius 1 is 0.733 bits per heavy atom. The molecule has 3 heteroatoms. The van der Waals surface area contributed by atoms with E-state index in [0.717, 1.165) is 25.7 Å². The number of allylic oxidation sites excluding steroid dienone is 2. The third-order valence-corrected chi connectivity index (χ3v) is 16.4. The van der Waals surface area contributed by atoms with Crippen molar-refractivity contribution < 1.29 is 5.11 Å². The van der Waals surface area contributed by atoms with E-state index < -0.39 is 21.7 Å². The Morgan fingerprint density at radius 3 is 1.67 bits per heavy atom. The van der Waals surface area contributed by atoms with Gasteiger partial charge in [-0.15, -0.1) is 0 Å². The largest absolute Gasteiger partial charge is 0.386 e. The molecule has 158 valence electrons. The van der Waals surface area contributed by atoms with Gasteiger partial charge in [-0.1, -0.05) is 117 Å². The van der Waals surface area contributed by atoms with Crippen LogP contribution in [0.3, 0.4) is 0 Å². The summed E-state index contributed by atoms with van der Waals surface area (Å²) in [7, 11) is -3.64. The molecular formula is C27H36OSi2. The normalized spacial score (nSPS) is 21.3. The molecule has 1 nitrogen and oxygen atoms in total. The highest BCUT2D eigenvalue weighted by atomic mass is 28.4. The zero-order chi connectivity index (χ0) is 21.6. The lowest BCUT2D eigenvalue weighted by Gasteiger charge is -2.42. The zero-order valence-corrected chi connectivity index (χ0v) is 21.3. The number of rotatable bonds is 4. The molecule has 1 fully saturated rings. The lowest BCUT2D eigenvalue weighted by Crippen LogP contribution is -2.50. The van der Waals surface area contributed by atoms with Gasteiger partial charge in [0.2, 0.25) is 0 Å². The minimum Gasteiger partial charge on any atom is -0.386 e. The Morgan fingerprint density at radius 2 is 1.20 bits per heavy atom. The first-order valence-electron chi connectivity index (χ1n) is 11.5. The Labute approximate surface area is 184 Å². The van der Waals surface area contributed by atoms with E-state index in [1.54, 1.807) is 4.82 Å². The molecule has 4 rings (SSSR count). The molecule has 0 amide bonds. The SMILES string of the molecule is C[Si](C)(C)C1=C(c2ccccc2)C(c2ccccc2)=C(C2(O)CCCCC2)[Si]1(C)C. The number of hydrogen-bond acceptors (Lipinski definition) is 1. The van der Waals surface area contributed by atoms with E-state index >= 15 is 0 Å². The standard InChI is InChI=1S/C27H36OSi2/c1-29(2,3)26-24(22-17-11-7-12-18-22)23(21-15-9-6-10-16-21)25(30(26,4)5)27(28)19-13-8-14-20-27/h6-7,9-12,15-18,28H,8,13-14,19-20H2,1-5H3. The van der Waals surface area contributed by atoms with E-state index in [1.165, 1.54) is 33.9 Å². The molecule has 2 aromatic rings. The lowest BCUT2D eigenvalue weighted by atomic mass is 9.80. The maximum absolute atomic E-state index is 12.2. The van der Waals surface area contributed by atoms with Crippen molar-refractivity contribution in [3.63, 3.8) is 0 Å². The minimum absolute atomic E-state index is 0.652. The van der Waals surface area contributed by atoms with E-state index in [-0.39, 0.29) is 0 Å². The molecule has 1 aliphatic carbocycles. The molecule has 2 aromatic carbocycles. The van der Waals surface area contributed by atoms with Gasteiger partial charge in [0.1, 0.15) is 8.07 Å². The maximum Gasteiger partial charge on any atom is 0.104 e. The fourth-order valence-corrected chi connectivity index (χ4v) is 18.6. The first kappa shape index (κ1) is 21.5. The van der Waals surface area contributed by atoms with Crippen molar-refractivity contribution in [2.45, 2.75) is 70.4 Å². The Bertz CT molecular complexity index is 973. The molecule has 0 saturated heterocycles. The topological polar surface area (TPSA) is 20.2 Å². The summed E-state index contributed by atoms with van der Waals surface area (Å²) < 4.78 is 0. The highest BCUT2D eigenvalue weighted by Gasteiger charge is 2.53. The van der Waals surface area contributed by atoms with Crippen LogP contribution in [0.15, 0.2) is 70.7 Å². The first-order chi connectivity index (χ1) is 14.2. The van der Waals surface area contributed by atoms with Gasteiger partial charge in [0.15, 0.2) is 0 Å². The van der Waals surface area contributed by atoms with Gasteiger partial charge in [0, 0.05) is 0 Å². The Balaban J connectivity index is 2.10. The number of aliphatic hydroxyl groups is 1. The quantitative estimate of drug-likeness (QED) is 0.504. The van der Waals surface area contributed by atoms with Crippen LogP contribution in [0.5, 0.6) is 0 Å². The van der Waals surface area contributed by atoms with Crippen LogP contribution >= 0.6 is 0 Å². The monoisotopic (exact) mass is 432 g/mol. The minimum atomic E-state index is -2.01. The molecule has 1 heterocycles. The van der Waals surface area contributed by atoms with Crippen LogP contribution in [0.4, 0.5) is 0 Å². The third kappa shape index (κ3) is 3.61. The fraction of sp³-hybridized carbons (Fsp3) is 0.407. The highest BCUT2D eigenvalue weighted by molar-refractivity contribution is 7.11. The van der Waals surface area contributed by atoms with Crippen LogP contribution in [-0.4, -0.2) is 26.9 Å². The van der Waals surface area contributed by atoms with Crippen molar-refractivity contribution in [3.05, 3.63) is 81.8 Å². The molecule has 1 N–H and O–H groups in total. The molecule has 0 atom stereocenters. The second-order valence-electron chi connectivity index (χ2n) is 10.7. The predicted octanol–water partition coefficient (Wildman–Crippen LogP) is 7.27. The van der Waals surface area contributed by atoms with Gasteiger partial charge >= 0.3 is 0 Å². The predicted molar refractivity (Wildman–Crippen MR) is 136 cm³/mol. The summed E-state index contributed by atoms with van der Waals surface area (Å²) in [5, 5.41) is 13.6. The van der Waals surface area contributed by atoms with Gasteiger partial charge in [-0.3, -0.25) is 0 Å². The van der Waals surface area contributed by atoms with Crippen LogP contribution in [0.2, 0.25) is 32.7 Å².